The summed E-state index contributed by atoms with van der Waals surface area (Å²) < 4.78 is 31.2. The van der Waals surface area contributed by atoms with Gasteiger partial charge in [-0.25, -0.2) is 18.7 Å². The molecule has 19 heteroatoms. The van der Waals surface area contributed by atoms with Gasteiger partial charge in [0.15, 0.2) is 0 Å². The molecular weight excluding hydrogens is 875 g/mol. The Kier molecular flexibility index (Phi) is 13.9. The van der Waals surface area contributed by atoms with Gasteiger partial charge >= 0.3 is 0 Å². The van der Waals surface area contributed by atoms with Crippen molar-refractivity contribution in [2.45, 2.75) is 83.3 Å². The summed E-state index contributed by atoms with van der Waals surface area (Å²) in [6.07, 6.45) is 6.96. The summed E-state index contributed by atoms with van der Waals surface area (Å²) in [5.41, 5.74) is 1.47. The van der Waals surface area contributed by atoms with Crippen LogP contribution < -0.4 is 31.1 Å². The van der Waals surface area contributed by atoms with Crippen LogP contribution in [-0.4, -0.2) is 162 Å². The molecule has 3 aromatic rings. The van der Waals surface area contributed by atoms with Gasteiger partial charge in [0, 0.05) is 95.3 Å². The lowest BCUT2D eigenvalue weighted by molar-refractivity contribution is -0.136. The minimum absolute atomic E-state index is 0.0205. The average molecular weight is 939 g/mol. The first-order valence-electron chi connectivity index (χ1n) is 24.3. The van der Waals surface area contributed by atoms with Crippen LogP contribution in [0.3, 0.4) is 0 Å². The molecule has 5 amide bonds. The maximum absolute atomic E-state index is 15.7. The van der Waals surface area contributed by atoms with E-state index in [1.807, 2.05) is 6.07 Å². The van der Waals surface area contributed by atoms with Gasteiger partial charge in [-0.15, -0.1) is 0 Å². The summed E-state index contributed by atoms with van der Waals surface area (Å²) >= 11 is 0. The quantitative estimate of drug-likeness (QED) is 0.128. The van der Waals surface area contributed by atoms with Gasteiger partial charge in [0.1, 0.15) is 35.6 Å². The van der Waals surface area contributed by atoms with E-state index in [9.17, 15) is 24.0 Å². The van der Waals surface area contributed by atoms with Crippen LogP contribution in [0, 0.1) is 17.0 Å². The van der Waals surface area contributed by atoms with Crippen LogP contribution in [0.25, 0.3) is 0 Å². The molecule has 1 spiro atoms. The number of carbonyl (C=O) groups is 5. The fourth-order valence-corrected chi connectivity index (χ4v) is 10.6. The van der Waals surface area contributed by atoms with Gasteiger partial charge in [-0.2, -0.15) is 0 Å². The fourth-order valence-electron chi connectivity index (χ4n) is 10.6. The second kappa shape index (κ2) is 20.0. The molecule has 0 radical (unpaired) electrons. The van der Waals surface area contributed by atoms with E-state index in [-0.39, 0.29) is 47.5 Å². The number of rotatable bonds is 15. The van der Waals surface area contributed by atoms with Gasteiger partial charge in [0.05, 0.1) is 28.9 Å². The molecule has 6 aliphatic rings. The molecule has 1 unspecified atom stereocenters. The first-order chi connectivity index (χ1) is 32.7. The normalized spacial score (nSPS) is 22.4. The van der Waals surface area contributed by atoms with Crippen LogP contribution in [0.4, 0.5) is 31.8 Å². The predicted molar refractivity (Wildman–Crippen MR) is 253 cm³/mol. The summed E-state index contributed by atoms with van der Waals surface area (Å²) in [6, 6.07) is 8.64. The van der Waals surface area contributed by atoms with E-state index in [4.69, 9.17) is 0 Å². The molecule has 0 aliphatic carbocycles. The number of nitrogens with one attached hydrogen (secondary N) is 4. The third kappa shape index (κ3) is 10.7. The molecular formula is C49H64F2N12O5. The molecule has 68 heavy (non-hydrogen) atoms. The first kappa shape index (κ1) is 47.3. The van der Waals surface area contributed by atoms with Crippen LogP contribution in [0.5, 0.6) is 0 Å². The molecule has 0 saturated carbocycles. The Morgan fingerprint density at radius 3 is 2.12 bits per heavy atom. The lowest BCUT2D eigenvalue weighted by Gasteiger charge is -2.48. The molecule has 0 bridgehead atoms. The highest BCUT2D eigenvalue weighted by Gasteiger charge is 2.45. The van der Waals surface area contributed by atoms with Gasteiger partial charge in [0.25, 0.3) is 11.8 Å². The van der Waals surface area contributed by atoms with Crippen molar-refractivity contribution in [3.8, 4) is 0 Å². The number of hydrogen-bond donors (Lipinski definition) is 4. The largest absolute Gasteiger partial charge is 0.385 e. The first-order valence-corrected chi connectivity index (χ1v) is 24.3. The van der Waals surface area contributed by atoms with Gasteiger partial charge in [-0.05, 0) is 101 Å². The smallest absolute Gasteiger partial charge is 0.262 e. The van der Waals surface area contributed by atoms with Crippen LogP contribution in [-0.2, 0) is 20.9 Å². The van der Waals surface area contributed by atoms with E-state index in [1.165, 1.54) is 12.1 Å². The Labute approximate surface area is 396 Å². The molecule has 2 aromatic carbocycles. The minimum Gasteiger partial charge on any atom is -0.385 e. The molecule has 17 nitrogen and oxygen atoms in total. The number of nitrogens with zero attached hydrogens (tertiary/aromatic N) is 8. The number of piperazine rings is 2. The van der Waals surface area contributed by atoms with Crippen molar-refractivity contribution in [2.24, 2.45) is 5.41 Å². The molecule has 1 aromatic heterocycles. The van der Waals surface area contributed by atoms with E-state index in [0.717, 1.165) is 107 Å². The number of fused-ring (bicyclic) bond motifs is 1. The van der Waals surface area contributed by atoms with E-state index >= 15 is 8.78 Å². The lowest BCUT2D eigenvalue weighted by atomic mass is 9.82. The predicted octanol–water partition coefficient (Wildman–Crippen LogP) is 3.68. The second-order valence-electron chi connectivity index (χ2n) is 20.2. The van der Waals surface area contributed by atoms with Crippen LogP contribution in [0.2, 0.25) is 0 Å². The van der Waals surface area contributed by atoms with E-state index in [2.05, 4.69) is 64.7 Å². The van der Waals surface area contributed by atoms with Crippen LogP contribution >= 0.6 is 0 Å². The van der Waals surface area contributed by atoms with Crippen molar-refractivity contribution < 1.29 is 32.8 Å². The Bertz CT molecular complexity index is 2390. The zero-order valence-electron chi connectivity index (χ0n) is 39.3. The molecule has 9 rings (SSSR count). The van der Waals surface area contributed by atoms with Gasteiger partial charge in [-0.3, -0.25) is 39.1 Å². The minimum atomic E-state index is -0.983. The number of carbonyl (C=O) groups excluding carboxylic acids is 5. The molecule has 4 N–H and O–H groups in total. The standard InChI is InChI=1S/C49H64F2N12O5/c1-48(2)9-17-60(18-10-48)29-33-25-38(51)40(27-37(33)50)62-30-44(65)57-49(31-62)11-19-61(20-12-49)42-28-41(54-32-55-42)53-14-4-16-59-23-21-58(22-24-59)15-3-13-52-34-5-6-35-36(26-34)47(68)63(46(35)67)39-7-8-43(64)56-45(39)66/h5-6,25-28,32,39,52H,3-4,7-24,29-31H2,1-2H3,(H,57,65)(H,53,54,55)(H,56,64,66). The highest BCUT2D eigenvalue weighted by atomic mass is 19.1. The maximum Gasteiger partial charge on any atom is 0.262 e. The van der Waals surface area contributed by atoms with Crippen molar-refractivity contribution in [2.75, 3.05) is 112 Å². The molecule has 7 heterocycles. The van der Waals surface area contributed by atoms with Crippen molar-refractivity contribution in [1.82, 2.24) is 40.2 Å². The second-order valence-corrected chi connectivity index (χ2v) is 20.2. The van der Waals surface area contributed by atoms with Crippen molar-refractivity contribution in [1.29, 1.82) is 0 Å². The molecule has 5 fully saturated rings. The zero-order valence-corrected chi connectivity index (χ0v) is 39.3. The van der Waals surface area contributed by atoms with Crippen molar-refractivity contribution in [3.05, 3.63) is 71.1 Å². The molecule has 6 aliphatic heterocycles. The zero-order chi connectivity index (χ0) is 47.6. The Morgan fingerprint density at radius 2 is 1.41 bits per heavy atom. The Balaban J connectivity index is 0.668. The maximum atomic E-state index is 15.7. The fraction of sp³-hybridized carbons (Fsp3) is 0.571. The Morgan fingerprint density at radius 1 is 0.721 bits per heavy atom. The number of halogens is 2. The number of hydrogen-bond acceptors (Lipinski definition) is 14. The van der Waals surface area contributed by atoms with Gasteiger partial charge in [0.2, 0.25) is 17.7 Å². The highest BCUT2D eigenvalue weighted by Crippen LogP contribution is 2.35. The summed E-state index contributed by atoms with van der Waals surface area (Å²) in [4.78, 5) is 84.2. The van der Waals surface area contributed by atoms with Gasteiger partial charge in [-0.1, -0.05) is 13.8 Å². The number of imide groups is 2. The topological polar surface area (TPSA) is 179 Å². The third-order valence-corrected chi connectivity index (χ3v) is 14.8. The number of piperidine rings is 3. The number of benzene rings is 2. The SMILES string of the molecule is CC1(C)CCN(Cc2cc(F)c(N3CC(=O)NC4(CCN(c5cc(NCCCN6CCN(CCCNc7ccc8c(c7)C(=O)N(C7CCC(=O)NC7=O)C8=O)CC6)ncn5)CC4)C3)cc2F)CC1. The number of likely N-dealkylation sites (tertiary alicyclic amines) is 1. The monoisotopic (exact) mass is 939 g/mol. The van der Waals surface area contributed by atoms with Crippen molar-refractivity contribution in [3.63, 3.8) is 0 Å². The van der Waals surface area contributed by atoms with Crippen LogP contribution in [0.15, 0.2) is 42.7 Å². The summed E-state index contributed by atoms with van der Waals surface area (Å²) in [5, 5.41) is 12.3. The molecule has 1 atom stereocenters. The van der Waals surface area contributed by atoms with E-state index in [0.29, 0.717) is 51.1 Å². The average Bonchev–Trinajstić information content (AvgIpc) is 3.56. The molecule has 5 saturated heterocycles. The summed E-state index contributed by atoms with van der Waals surface area (Å²) in [6.45, 7) is 15.5. The summed E-state index contributed by atoms with van der Waals surface area (Å²) in [7, 11) is 0. The number of aromatic nitrogens is 2. The van der Waals surface area contributed by atoms with E-state index in [1.54, 1.807) is 29.4 Å². The van der Waals surface area contributed by atoms with Crippen LogP contribution in [0.1, 0.15) is 91.5 Å². The third-order valence-electron chi connectivity index (χ3n) is 14.8. The number of anilines is 4. The lowest BCUT2D eigenvalue weighted by Crippen LogP contribution is -2.66. The van der Waals surface area contributed by atoms with E-state index < -0.39 is 46.8 Å². The number of amides is 5. The summed E-state index contributed by atoms with van der Waals surface area (Å²) in [5.74, 6) is -1.61. The Hall–Kier alpha value is -5.79. The van der Waals surface area contributed by atoms with Gasteiger partial charge < -0.3 is 35.6 Å². The highest BCUT2D eigenvalue weighted by molar-refractivity contribution is 6.23. The van der Waals surface area contributed by atoms with Crippen molar-refractivity contribution >= 4 is 52.5 Å². The molecule has 364 valence electrons.